The van der Waals surface area contributed by atoms with Crippen molar-refractivity contribution in [3.8, 4) is 0 Å². The first-order valence-electron chi connectivity index (χ1n) is 3.41. The van der Waals surface area contributed by atoms with Gasteiger partial charge in [0.1, 0.15) is 5.78 Å². The molecule has 0 radical (unpaired) electrons. The average Bonchev–Trinajstić information content (AvgIpc) is 2.31. The summed E-state index contributed by atoms with van der Waals surface area (Å²) < 4.78 is 0. The molecular formula is C6H10N4O. The van der Waals surface area contributed by atoms with Gasteiger partial charge in [-0.1, -0.05) is 0 Å². The first kappa shape index (κ1) is 7.84. The van der Waals surface area contributed by atoms with Crippen molar-refractivity contribution < 1.29 is 4.79 Å². The third-order valence-corrected chi connectivity index (χ3v) is 1.25. The van der Waals surface area contributed by atoms with Crippen LogP contribution in [0.2, 0.25) is 0 Å². The maximum Gasteiger partial charge on any atom is 0.175 e. The molecule has 0 aliphatic heterocycles. The molecule has 5 heteroatoms. The van der Waals surface area contributed by atoms with E-state index in [-0.39, 0.29) is 5.78 Å². The summed E-state index contributed by atoms with van der Waals surface area (Å²) in [4.78, 5) is 11.9. The van der Waals surface area contributed by atoms with Gasteiger partial charge in [-0.2, -0.15) is 4.80 Å². The Morgan fingerprint density at radius 1 is 1.64 bits per heavy atom. The lowest BCUT2D eigenvalue weighted by Crippen LogP contribution is -1.97. The Balaban J connectivity index is 2.45. The summed E-state index contributed by atoms with van der Waals surface area (Å²) in [5, 5.41) is 11.3. The Bertz CT molecular complexity index is 255. The first-order valence-corrected chi connectivity index (χ1v) is 3.41. The lowest BCUT2D eigenvalue weighted by atomic mass is 10.2. The van der Waals surface area contributed by atoms with Gasteiger partial charge in [-0.05, 0) is 12.1 Å². The van der Waals surface area contributed by atoms with Gasteiger partial charge in [0.15, 0.2) is 5.82 Å². The Kier molecular flexibility index (Phi) is 2.30. The zero-order valence-electron chi connectivity index (χ0n) is 6.61. The van der Waals surface area contributed by atoms with Crippen molar-refractivity contribution in [2.75, 3.05) is 0 Å². The molecule has 0 saturated heterocycles. The quantitative estimate of drug-likeness (QED) is 0.601. The van der Waals surface area contributed by atoms with Gasteiger partial charge in [0, 0.05) is 12.8 Å². The second-order valence-corrected chi connectivity index (χ2v) is 2.40. The molecule has 60 valence electrons. The lowest BCUT2D eigenvalue weighted by Gasteiger charge is -1.87. The third kappa shape index (κ3) is 2.45. The van der Waals surface area contributed by atoms with Crippen molar-refractivity contribution in [1.29, 1.82) is 0 Å². The standard InChI is InChI=1S/C6H10N4O/c1-5(11)3-4-6-7-9-10(2)8-6/h3-4H2,1-2H3. The number of tetrazole rings is 1. The maximum atomic E-state index is 10.5. The molecule has 5 nitrogen and oxygen atoms in total. The van der Waals surface area contributed by atoms with Crippen molar-refractivity contribution in [3.63, 3.8) is 0 Å². The minimum Gasteiger partial charge on any atom is -0.300 e. The van der Waals surface area contributed by atoms with Gasteiger partial charge in [0.25, 0.3) is 0 Å². The molecule has 1 aromatic rings. The average molecular weight is 154 g/mol. The molecule has 11 heavy (non-hydrogen) atoms. The van der Waals surface area contributed by atoms with E-state index in [1.54, 1.807) is 14.0 Å². The van der Waals surface area contributed by atoms with Crippen LogP contribution in [0, 0.1) is 0 Å². The number of hydrogen-bond donors (Lipinski definition) is 0. The van der Waals surface area contributed by atoms with Gasteiger partial charge < -0.3 is 4.79 Å². The van der Waals surface area contributed by atoms with Gasteiger partial charge in [0.2, 0.25) is 0 Å². The molecule has 0 atom stereocenters. The summed E-state index contributed by atoms with van der Waals surface area (Å²) in [6.07, 6.45) is 1.08. The third-order valence-electron chi connectivity index (χ3n) is 1.25. The molecule has 0 fully saturated rings. The summed E-state index contributed by atoms with van der Waals surface area (Å²) >= 11 is 0. The predicted octanol–water partition coefficient (Wildman–Crippen LogP) is -0.268. The molecule has 1 rings (SSSR count). The first-order chi connectivity index (χ1) is 5.18. The summed E-state index contributed by atoms with van der Waals surface area (Å²) in [7, 11) is 1.70. The Morgan fingerprint density at radius 3 is 2.82 bits per heavy atom. The number of nitrogens with zero attached hydrogens (tertiary/aromatic N) is 4. The monoisotopic (exact) mass is 154 g/mol. The second-order valence-electron chi connectivity index (χ2n) is 2.40. The molecule has 0 unspecified atom stereocenters. The normalized spacial score (nSPS) is 10.0. The van der Waals surface area contributed by atoms with E-state index in [1.807, 2.05) is 0 Å². The van der Waals surface area contributed by atoms with E-state index < -0.39 is 0 Å². The highest BCUT2D eigenvalue weighted by molar-refractivity contribution is 5.75. The Morgan fingerprint density at radius 2 is 2.36 bits per heavy atom. The van der Waals surface area contributed by atoms with Crippen molar-refractivity contribution in [1.82, 2.24) is 20.2 Å². The largest absolute Gasteiger partial charge is 0.300 e. The minimum absolute atomic E-state index is 0.150. The molecule has 0 spiro atoms. The van der Waals surface area contributed by atoms with Crippen LogP contribution in [-0.4, -0.2) is 26.0 Å². The molecule has 0 bridgehead atoms. The summed E-state index contributed by atoms with van der Waals surface area (Å²) in [6, 6.07) is 0. The van der Waals surface area contributed by atoms with Crippen molar-refractivity contribution >= 4 is 5.78 Å². The number of aryl methyl sites for hydroxylation is 2. The number of ketones is 1. The highest BCUT2D eigenvalue weighted by Gasteiger charge is 2.01. The van der Waals surface area contributed by atoms with E-state index >= 15 is 0 Å². The van der Waals surface area contributed by atoms with Crippen LogP contribution in [0.4, 0.5) is 0 Å². The van der Waals surface area contributed by atoms with Crippen LogP contribution in [0.5, 0.6) is 0 Å². The highest BCUT2D eigenvalue weighted by atomic mass is 16.1. The molecule has 0 aliphatic rings. The number of Topliss-reactive ketones (excluding diaryl/α,β-unsaturated/α-hetero) is 1. The molecule has 0 aromatic carbocycles. The van der Waals surface area contributed by atoms with Crippen molar-refractivity contribution in [2.24, 2.45) is 7.05 Å². The van der Waals surface area contributed by atoms with Crippen LogP contribution in [0.25, 0.3) is 0 Å². The van der Waals surface area contributed by atoms with Gasteiger partial charge in [0.05, 0.1) is 7.05 Å². The number of carbonyl (C=O) groups is 1. The number of hydrogen-bond acceptors (Lipinski definition) is 4. The minimum atomic E-state index is 0.150. The van der Waals surface area contributed by atoms with Crippen LogP contribution in [-0.2, 0) is 18.3 Å². The van der Waals surface area contributed by atoms with Crippen LogP contribution in [0.1, 0.15) is 19.2 Å². The fourth-order valence-corrected chi connectivity index (χ4v) is 0.711. The van der Waals surface area contributed by atoms with E-state index in [4.69, 9.17) is 0 Å². The molecule has 0 aliphatic carbocycles. The predicted molar refractivity (Wildman–Crippen MR) is 37.8 cm³/mol. The van der Waals surface area contributed by atoms with Gasteiger partial charge >= 0.3 is 0 Å². The zero-order valence-corrected chi connectivity index (χ0v) is 6.61. The Labute approximate surface area is 64.4 Å². The van der Waals surface area contributed by atoms with Gasteiger partial charge in [-0.3, -0.25) is 0 Å². The molecular weight excluding hydrogens is 144 g/mol. The topological polar surface area (TPSA) is 60.7 Å². The molecule has 1 aromatic heterocycles. The highest BCUT2D eigenvalue weighted by Crippen LogP contribution is 1.92. The van der Waals surface area contributed by atoms with Crippen LogP contribution < -0.4 is 0 Å². The second kappa shape index (κ2) is 3.23. The van der Waals surface area contributed by atoms with Crippen LogP contribution in [0.15, 0.2) is 0 Å². The van der Waals surface area contributed by atoms with E-state index in [0.29, 0.717) is 18.7 Å². The van der Waals surface area contributed by atoms with Crippen LogP contribution in [0.3, 0.4) is 0 Å². The zero-order chi connectivity index (χ0) is 8.27. The molecule has 1 heterocycles. The van der Waals surface area contributed by atoms with Gasteiger partial charge in [-0.15, -0.1) is 10.2 Å². The van der Waals surface area contributed by atoms with E-state index in [0.717, 1.165) is 0 Å². The van der Waals surface area contributed by atoms with Crippen molar-refractivity contribution in [3.05, 3.63) is 5.82 Å². The molecule has 0 amide bonds. The van der Waals surface area contributed by atoms with Gasteiger partial charge in [-0.25, -0.2) is 0 Å². The van der Waals surface area contributed by atoms with E-state index in [2.05, 4.69) is 15.4 Å². The Hall–Kier alpha value is -1.26. The van der Waals surface area contributed by atoms with E-state index in [1.165, 1.54) is 4.80 Å². The van der Waals surface area contributed by atoms with Crippen LogP contribution >= 0.6 is 0 Å². The van der Waals surface area contributed by atoms with E-state index in [9.17, 15) is 4.79 Å². The number of carbonyl (C=O) groups excluding carboxylic acids is 1. The SMILES string of the molecule is CC(=O)CCc1nnn(C)n1. The summed E-state index contributed by atoms with van der Waals surface area (Å²) in [6.45, 7) is 1.55. The lowest BCUT2D eigenvalue weighted by molar-refractivity contribution is -0.117. The fraction of sp³-hybridized carbons (Fsp3) is 0.667. The maximum absolute atomic E-state index is 10.5. The summed E-state index contributed by atoms with van der Waals surface area (Å²) in [5.41, 5.74) is 0. The van der Waals surface area contributed by atoms with Crippen molar-refractivity contribution in [2.45, 2.75) is 19.8 Å². The summed E-state index contributed by atoms with van der Waals surface area (Å²) in [5.74, 6) is 0.778. The number of rotatable bonds is 3. The fourth-order valence-electron chi connectivity index (χ4n) is 0.711. The smallest absolute Gasteiger partial charge is 0.175 e. The number of aromatic nitrogens is 4. The molecule has 0 N–H and O–H groups in total. The molecule has 0 saturated carbocycles.